The number of hydrogen-bond acceptors (Lipinski definition) is 6. The van der Waals surface area contributed by atoms with E-state index in [1.165, 1.54) is 0 Å². The van der Waals surface area contributed by atoms with Crippen molar-refractivity contribution >= 4 is 33.1 Å². The first-order valence-electron chi connectivity index (χ1n) is 5.03. The Kier molecular flexibility index (Phi) is 3.43. The summed E-state index contributed by atoms with van der Waals surface area (Å²) in [6.07, 6.45) is -4.90. The average molecular weight is 323 g/mol. The van der Waals surface area contributed by atoms with Crippen LogP contribution in [0.2, 0.25) is 0 Å². The summed E-state index contributed by atoms with van der Waals surface area (Å²) in [6.45, 7) is 0. The number of non-ortho nitro benzene ring substituents is 1. The molecule has 1 amide bonds. The van der Waals surface area contributed by atoms with E-state index >= 15 is 0 Å². The molecular formula is C9H4F3N3O5S. The molecule has 0 radical (unpaired) electrons. The van der Waals surface area contributed by atoms with E-state index in [-0.39, 0.29) is 10.8 Å². The lowest BCUT2D eigenvalue weighted by molar-refractivity contribution is -0.574. The fourth-order valence-corrected chi connectivity index (χ4v) is 2.58. The first-order chi connectivity index (χ1) is 9.66. The number of hydroxylamine groups is 1. The number of halogens is 3. The summed E-state index contributed by atoms with van der Waals surface area (Å²) in [5, 5.41) is 30.3. The number of amides is 1. The van der Waals surface area contributed by atoms with Crippen LogP contribution in [0.3, 0.4) is 0 Å². The minimum absolute atomic E-state index is 0.201. The highest BCUT2D eigenvalue weighted by molar-refractivity contribution is 7.20. The maximum Gasteiger partial charge on any atom is 0.416 e. The van der Waals surface area contributed by atoms with Gasteiger partial charge in [-0.3, -0.25) is 20.1 Å². The lowest BCUT2D eigenvalue weighted by Crippen LogP contribution is -2.36. The van der Waals surface area contributed by atoms with Gasteiger partial charge in [-0.15, -0.1) is 4.73 Å². The highest BCUT2D eigenvalue weighted by Crippen LogP contribution is 2.37. The van der Waals surface area contributed by atoms with E-state index in [1.807, 2.05) is 0 Å². The van der Waals surface area contributed by atoms with Crippen LogP contribution in [0.1, 0.15) is 15.4 Å². The van der Waals surface area contributed by atoms with Crippen LogP contribution in [0.5, 0.6) is 0 Å². The van der Waals surface area contributed by atoms with Crippen molar-refractivity contribution in [1.82, 2.24) is 5.48 Å². The van der Waals surface area contributed by atoms with Gasteiger partial charge in [0.25, 0.3) is 5.69 Å². The van der Waals surface area contributed by atoms with Gasteiger partial charge in [0.15, 0.2) is 4.70 Å². The number of aromatic nitrogens is 1. The Labute approximate surface area is 116 Å². The SMILES string of the molecule is O=C(NO)c1sc2c([N+](=O)[O-])cc(C(F)(F)F)cc2[n+]1[O-]. The van der Waals surface area contributed by atoms with Crippen molar-refractivity contribution in [2.45, 2.75) is 6.18 Å². The maximum atomic E-state index is 12.7. The van der Waals surface area contributed by atoms with E-state index in [9.17, 15) is 33.3 Å². The smallest absolute Gasteiger partial charge is 0.416 e. The van der Waals surface area contributed by atoms with Crippen molar-refractivity contribution in [3.8, 4) is 0 Å². The Balaban J connectivity index is 2.86. The fourth-order valence-electron chi connectivity index (χ4n) is 1.59. The van der Waals surface area contributed by atoms with Gasteiger partial charge in [0, 0.05) is 12.1 Å². The first kappa shape index (κ1) is 14.9. The molecule has 8 nitrogen and oxygen atoms in total. The number of benzene rings is 1. The summed E-state index contributed by atoms with van der Waals surface area (Å²) in [6, 6.07) is 0.680. The molecular weight excluding hydrogens is 319 g/mol. The molecule has 21 heavy (non-hydrogen) atoms. The van der Waals surface area contributed by atoms with Crippen LogP contribution in [0.4, 0.5) is 18.9 Å². The van der Waals surface area contributed by atoms with Crippen LogP contribution in [0.25, 0.3) is 10.2 Å². The first-order valence-corrected chi connectivity index (χ1v) is 5.84. The van der Waals surface area contributed by atoms with Crippen molar-refractivity contribution in [3.05, 3.63) is 38.0 Å². The Morgan fingerprint density at radius 2 is 2.05 bits per heavy atom. The van der Waals surface area contributed by atoms with Crippen molar-refractivity contribution in [2.75, 3.05) is 0 Å². The molecule has 0 unspecified atom stereocenters. The Hall–Kier alpha value is -2.47. The molecule has 0 bridgehead atoms. The molecule has 0 saturated carbocycles. The molecule has 0 spiro atoms. The molecule has 112 valence electrons. The van der Waals surface area contributed by atoms with Crippen LogP contribution in [-0.2, 0) is 6.18 Å². The van der Waals surface area contributed by atoms with Crippen molar-refractivity contribution in [1.29, 1.82) is 0 Å². The predicted molar refractivity (Wildman–Crippen MR) is 61.7 cm³/mol. The number of alkyl halides is 3. The summed E-state index contributed by atoms with van der Waals surface area (Å²) in [5.74, 6) is -1.28. The summed E-state index contributed by atoms with van der Waals surface area (Å²) >= 11 is 0.300. The number of nitro groups is 1. The number of thiazole rings is 1. The Morgan fingerprint density at radius 3 is 2.52 bits per heavy atom. The molecule has 0 atom stereocenters. The van der Waals surface area contributed by atoms with Gasteiger partial charge in [0.1, 0.15) is 0 Å². The van der Waals surface area contributed by atoms with Gasteiger partial charge in [0.05, 0.1) is 10.5 Å². The Bertz CT molecular complexity index is 757. The van der Waals surface area contributed by atoms with Gasteiger partial charge in [-0.25, -0.2) is 5.48 Å². The number of fused-ring (bicyclic) bond motifs is 1. The van der Waals surface area contributed by atoms with Crippen LogP contribution in [0, 0.1) is 15.3 Å². The second kappa shape index (κ2) is 4.82. The standard InChI is InChI=1S/C9H4F3N3O5S/c10-9(11,12)3-1-4-6(5(2-3)15(19)20)21-8(14(4)18)7(16)13-17/h1-2,17H,(H,13,16). The summed E-state index contributed by atoms with van der Waals surface area (Å²) < 4.78 is 37.4. The zero-order valence-corrected chi connectivity index (χ0v) is 10.5. The van der Waals surface area contributed by atoms with Crippen LogP contribution < -0.4 is 10.2 Å². The fraction of sp³-hybridized carbons (Fsp3) is 0.111. The second-order valence-corrected chi connectivity index (χ2v) is 4.74. The van der Waals surface area contributed by atoms with Gasteiger partial charge in [-0.1, -0.05) is 0 Å². The van der Waals surface area contributed by atoms with Gasteiger partial charge >= 0.3 is 17.1 Å². The molecule has 2 aromatic rings. The van der Waals surface area contributed by atoms with Gasteiger partial charge < -0.3 is 5.21 Å². The zero-order valence-electron chi connectivity index (χ0n) is 9.67. The maximum absolute atomic E-state index is 12.7. The normalized spacial score (nSPS) is 11.6. The molecule has 1 heterocycles. The van der Waals surface area contributed by atoms with Gasteiger partial charge in [-0.05, 0) is 11.3 Å². The molecule has 1 aromatic carbocycles. The molecule has 2 rings (SSSR count). The van der Waals surface area contributed by atoms with Crippen molar-refractivity contribution < 1.29 is 32.8 Å². The topological polar surface area (TPSA) is 119 Å². The monoisotopic (exact) mass is 323 g/mol. The number of carbonyl (C=O) groups excluding carboxylic acids is 1. The predicted octanol–water partition coefficient (Wildman–Crippen LogP) is 1.58. The zero-order chi connectivity index (χ0) is 15.9. The number of carbonyl (C=O) groups is 1. The summed E-state index contributed by atoms with van der Waals surface area (Å²) in [7, 11) is 0. The van der Waals surface area contributed by atoms with E-state index in [4.69, 9.17) is 5.21 Å². The summed E-state index contributed by atoms with van der Waals surface area (Å²) in [4.78, 5) is 21.0. The molecule has 0 aliphatic carbocycles. The number of nitrogens with one attached hydrogen (secondary N) is 1. The van der Waals surface area contributed by atoms with E-state index in [0.29, 0.717) is 17.4 Å². The summed E-state index contributed by atoms with van der Waals surface area (Å²) in [5.41, 5.74) is -1.89. The third kappa shape index (κ3) is 2.45. The quantitative estimate of drug-likeness (QED) is 0.286. The molecule has 2 N–H and O–H groups in total. The van der Waals surface area contributed by atoms with Crippen molar-refractivity contribution in [2.24, 2.45) is 0 Å². The van der Waals surface area contributed by atoms with Crippen molar-refractivity contribution in [3.63, 3.8) is 0 Å². The number of rotatable bonds is 2. The molecule has 0 aliphatic heterocycles. The van der Waals surface area contributed by atoms with Crippen LogP contribution in [-0.4, -0.2) is 16.0 Å². The highest BCUT2D eigenvalue weighted by atomic mass is 32.1. The van der Waals surface area contributed by atoms with Crippen LogP contribution in [0.15, 0.2) is 12.1 Å². The molecule has 0 aliphatic rings. The molecule has 12 heteroatoms. The average Bonchev–Trinajstić information content (AvgIpc) is 2.73. The minimum atomic E-state index is -4.90. The lowest BCUT2D eigenvalue weighted by Gasteiger charge is -2.05. The van der Waals surface area contributed by atoms with Gasteiger partial charge in [0.2, 0.25) is 5.52 Å². The Morgan fingerprint density at radius 1 is 1.43 bits per heavy atom. The molecule has 0 fully saturated rings. The molecule has 0 saturated heterocycles. The van der Waals surface area contributed by atoms with E-state index in [2.05, 4.69) is 0 Å². The lowest BCUT2D eigenvalue weighted by atomic mass is 10.2. The van der Waals surface area contributed by atoms with Gasteiger partial charge in [-0.2, -0.15) is 13.2 Å². The number of nitrogens with zero attached hydrogens (tertiary/aromatic N) is 2. The second-order valence-electron chi connectivity index (χ2n) is 3.74. The van der Waals surface area contributed by atoms with Crippen LogP contribution >= 0.6 is 11.3 Å². The molecule has 1 aromatic heterocycles. The largest absolute Gasteiger partial charge is 0.617 e. The highest BCUT2D eigenvalue weighted by Gasteiger charge is 2.37. The third-order valence-electron chi connectivity index (χ3n) is 2.47. The van der Waals surface area contributed by atoms with E-state index < -0.39 is 43.5 Å². The van der Waals surface area contributed by atoms with E-state index in [0.717, 1.165) is 5.48 Å². The third-order valence-corrected chi connectivity index (χ3v) is 3.64. The van der Waals surface area contributed by atoms with E-state index in [1.54, 1.807) is 0 Å². The number of hydrogen-bond donors (Lipinski definition) is 2. The minimum Gasteiger partial charge on any atom is -0.617 e. The number of nitro benzene ring substituents is 1.